The Morgan fingerprint density at radius 2 is 2.50 bits per heavy atom. The van der Waals surface area contributed by atoms with E-state index in [2.05, 4.69) is 5.32 Å². The summed E-state index contributed by atoms with van der Waals surface area (Å²) in [5.41, 5.74) is 0. The lowest BCUT2D eigenvalue weighted by Gasteiger charge is -1.87. The maximum Gasteiger partial charge on any atom is 0 e. The van der Waals surface area contributed by atoms with Crippen LogP contribution in [0.1, 0.15) is 14.3 Å². The van der Waals surface area contributed by atoms with Gasteiger partial charge in [0, 0.05) is 1.43 Å². The Bertz CT molecular complexity index is 43.3. The molecule has 1 fully saturated rings. The highest BCUT2D eigenvalue weighted by Gasteiger charge is 2.18. The summed E-state index contributed by atoms with van der Waals surface area (Å²) in [6, 6.07) is 0. The molecule has 0 atom stereocenters. The highest BCUT2D eigenvalue weighted by atomic mass is 14.8. The molecule has 6 heavy (non-hydrogen) atoms. The lowest BCUT2D eigenvalue weighted by atomic mass is 10.4. The molecule has 0 heterocycles. The van der Waals surface area contributed by atoms with Gasteiger partial charge in [0.25, 0.3) is 0 Å². The van der Waals surface area contributed by atoms with Crippen LogP contribution in [-0.4, -0.2) is 13.6 Å². The minimum atomic E-state index is 0. The zero-order chi connectivity index (χ0) is 4.41. The zero-order valence-corrected chi connectivity index (χ0v) is 4.20. The number of rotatable bonds is 2. The summed E-state index contributed by atoms with van der Waals surface area (Å²) >= 11 is 0. The second-order valence-corrected chi connectivity index (χ2v) is 2.00. The fraction of sp³-hybridized carbons (Fsp3) is 1.00. The van der Waals surface area contributed by atoms with Gasteiger partial charge in [0.15, 0.2) is 0 Å². The van der Waals surface area contributed by atoms with Crippen LogP contribution < -0.4 is 5.32 Å². The molecular formula is C5H13N. The highest BCUT2D eigenvalue weighted by molar-refractivity contribution is 4.73. The molecule has 0 aromatic heterocycles. The summed E-state index contributed by atoms with van der Waals surface area (Å²) in [6.45, 7) is 1.24. The molecule has 1 aliphatic carbocycles. The van der Waals surface area contributed by atoms with Gasteiger partial charge in [0.2, 0.25) is 0 Å². The van der Waals surface area contributed by atoms with Crippen molar-refractivity contribution in [2.45, 2.75) is 12.8 Å². The molecule has 0 radical (unpaired) electrons. The van der Waals surface area contributed by atoms with E-state index in [4.69, 9.17) is 0 Å². The van der Waals surface area contributed by atoms with Crippen molar-refractivity contribution in [3.63, 3.8) is 0 Å². The fourth-order valence-electron chi connectivity index (χ4n) is 0.611. The first kappa shape index (κ1) is 4.13. The van der Waals surface area contributed by atoms with Crippen LogP contribution in [0.4, 0.5) is 0 Å². The van der Waals surface area contributed by atoms with E-state index in [1.165, 1.54) is 19.4 Å². The summed E-state index contributed by atoms with van der Waals surface area (Å²) in [4.78, 5) is 0. The Balaban J connectivity index is 0.000000360. The van der Waals surface area contributed by atoms with Crippen LogP contribution in [0.2, 0.25) is 0 Å². The van der Waals surface area contributed by atoms with E-state index in [0.717, 1.165) is 5.92 Å². The Morgan fingerprint density at radius 3 is 2.67 bits per heavy atom. The maximum atomic E-state index is 3.13. The monoisotopic (exact) mass is 87.1 g/mol. The average Bonchev–Trinajstić information content (AvgIpc) is 2.21. The second kappa shape index (κ2) is 1.61. The lowest BCUT2D eigenvalue weighted by molar-refractivity contribution is 0.717. The van der Waals surface area contributed by atoms with Gasteiger partial charge in [0.1, 0.15) is 0 Å². The first-order valence-corrected chi connectivity index (χ1v) is 2.58. The minimum Gasteiger partial charge on any atom is -0.319 e. The van der Waals surface area contributed by atoms with Crippen molar-refractivity contribution in [2.75, 3.05) is 13.6 Å². The second-order valence-electron chi connectivity index (χ2n) is 2.00. The van der Waals surface area contributed by atoms with Crippen molar-refractivity contribution in [1.82, 2.24) is 5.32 Å². The van der Waals surface area contributed by atoms with E-state index in [1.54, 1.807) is 0 Å². The molecule has 0 saturated heterocycles. The molecular weight excluding hydrogens is 74.1 g/mol. The van der Waals surface area contributed by atoms with Crippen molar-refractivity contribution >= 4 is 0 Å². The average molecular weight is 87.2 g/mol. The van der Waals surface area contributed by atoms with Gasteiger partial charge in [-0.05, 0) is 32.4 Å². The molecule has 1 aliphatic rings. The molecule has 0 aromatic rings. The predicted octanol–water partition coefficient (Wildman–Crippen LogP) is 0.862. The van der Waals surface area contributed by atoms with E-state index in [9.17, 15) is 0 Å². The van der Waals surface area contributed by atoms with Gasteiger partial charge < -0.3 is 5.32 Å². The molecule has 1 saturated carbocycles. The highest BCUT2D eigenvalue weighted by Crippen LogP contribution is 2.27. The Hall–Kier alpha value is -0.0400. The van der Waals surface area contributed by atoms with Gasteiger partial charge in [-0.1, -0.05) is 0 Å². The van der Waals surface area contributed by atoms with Gasteiger partial charge in [0.05, 0.1) is 0 Å². The molecule has 0 bridgehead atoms. The first-order chi connectivity index (χ1) is 2.93. The quantitative estimate of drug-likeness (QED) is 0.526. The summed E-state index contributed by atoms with van der Waals surface area (Å²) in [7, 11) is 2.01. The van der Waals surface area contributed by atoms with Gasteiger partial charge in [-0.3, -0.25) is 0 Å². The van der Waals surface area contributed by atoms with Gasteiger partial charge in [-0.25, -0.2) is 0 Å². The van der Waals surface area contributed by atoms with E-state index >= 15 is 0 Å². The first-order valence-electron chi connectivity index (χ1n) is 2.58. The number of nitrogens with one attached hydrogen (secondary N) is 1. The van der Waals surface area contributed by atoms with Gasteiger partial charge in [-0.15, -0.1) is 0 Å². The SMILES string of the molecule is CNCC1CC1.[HH]. The maximum absolute atomic E-state index is 3.13. The summed E-state index contributed by atoms with van der Waals surface area (Å²) in [5.74, 6) is 1.04. The van der Waals surface area contributed by atoms with Crippen LogP contribution in [0.25, 0.3) is 0 Å². The van der Waals surface area contributed by atoms with Crippen LogP contribution >= 0.6 is 0 Å². The van der Waals surface area contributed by atoms with E-state index in [1.807, 2.05) is 7.05 Å². The normalized spacial score (nSPS) is 21.5. The molecule has 0 spiro atoms. The van der Waals surface area contributed by atoms with E-state index in [0.29, 0.717) is 0 Å². The minimum absolute atomic E-state index is 0. The van der Waals surface area contributed by atoms with Crippen molar-refractivity contribution < 1.29 is 1.43 Å². The Morgan fingerprint density at radius 1 is 1.83 bits per heavy atom. The topological polar surface area (TPSA) is 12.0 Å². The molecule has 0 unspecified atom stereocenters. The van der Waals surface area contributed by atoms with Crippen molar-refractivity contribution in [3.05, 3.63) is 0 Å². The Labute approximate surface area is 40.2 Å². The van der Waals surface area contributed by atoms with E-state index < -0.39 is 0 Å². The molecule has 1 nitrogen and oxygen atoms in total. The lowest BCUT2D eigenvalue weighted by Crippen LogP contribution is -2.08. The smallest absolute Gasteiger partial charge is 0 e. The van der Waals surface area contributed by atoms with Gasteiger partial charge >= 0.3 is 0 Å². The summed E-state index contributed by atoms with van der Waals surface area (Å²) < 4.78 is 0. The molecule has 1 heteroatoms. The van der Waals surface area contributed by atoms with E-state index in [-0.39, 0.29) is 1.43 Å². The molecule has 1 rings (SSSR count). The molecule has 0 amide bonds. The third-order valence-electron chi connectivity index (χ3n) is 1.19. The largest absolute Gasteiger partial charge is 0.319 e. The van der Waals surface area contributed by atoms with Crippen molar-refractivity contribution in [3.8, 4) is 0 Å². The zero-order valence-electron chi connectivity index (χ0n) is 4.20. The molecule has 38 valence electrons. The fourth-order valence-corrected chi connectivity index (χ4v) is 0.611. The number of hydrogen-bond acceptors (Lipinski definition) is 1. The van der Waals surface area contributed by atoms with Crippen LogP contribution in [0.3, 0.4) is 0 Å². The van der Waals surface area contributed by atoms with Gasteiger partial charge in [-0.2, -0.15) is 0 Å². The Kier molecular flexibility index (Phi) is 1.10. The molecule has 0 aliphatic heterocycles. The van der Waals surface area contributed by atoms with Crippen LogP contribution in [0.15, 0.2) is 0 Å². The van der Waals surface area contributed by atoms with Crippen molar-refractivity contribution in [1.29, 1.82) is 0 Å². The summed E-state index contributed by atoms with van der Waals surface area (Å²) in [6.07, 6.45) is 2.92. The third kappa shape index (κ3) is 0.977. The van der Waals surface area contributed by atoms with Crippen LogP contribution in [0, 0.1) is 5.92 Å². The standard InChI is InChI=1S/C5H11N.H2/c1-6-4-5-2-3-5;/h5-6H,2-4H2,1H3;1H. The summed E-state index contributed by atoms with van der Waals surface area (Å²) in [5, 5.41) is 3.13. The molecule has 1 N–H and O–H groups in total. The molecule has 0 aromatic carbocycles. The van der Waals surface area contributed by atoms with Crippen molar-refractivity contribution in [2.24, 2.45) is 5.92 Å². The van der Waals surface area contributed by atoms with Crippen LogP contribution in [0.5, 0.6) is 0 Å². The number of hydrogen-bond donors (Lipinski definition) is 1. The third-order valence-corrected chi connectivity index (χ3v) is 1.19. The van der Waals surface area contributed by atoms with Crippen LogP contribution in [-0.2, 0) is 0 Å². The predicted molar refractivity (Wildman–Crippen MR) is 28.8 cm³/mol.